The van der Waals surface area contributed by atoms with Gasteiger partial charge in [-0.05, 0) is 86.4 Å². The average Bonchev–Trinajstić information content (AvgIpc) is 3.55. The molecule has 0 amide bonds. The Kier molecular flexibility index (Phi) is 5.63. The van der Waals surface area contributed by atoms with E-state index in [4.69, 9.17) is 5.26 Å². The molecule has 1 aromatic carbocycles. The number of rotatable bonds is 6. The van der Waals surface area contributed by atoms with Crippen molar-refractivity contribution in [3.8, 4) is 28.5 Å². The van der Waals surface area contributed by atoms with Crippen molar-refractivity contribution in [1.29, 1.82) is 5.26 Å². The van der Waals surface area contributed by atoms with Gasteiger partial charge in [-0.3, -0.25) is 4.79 Å². The van der Waals surface area contributed by atoms with Crippen LogP contribution in [0.2, 0.25) is 0 Å². The SMILES string of the molecule is Cn1c(-c2ccc(C3CC3)cc2)c(-c2ccc(C#N)nc2)cc(CC[C@H]2CCNC2)c1=O. The van der Waals surface area contributed by atoms with Crippen LogP contribution < -0.4 is 10.9 Å². The van der Waals surface area contributed by atoms with E-state index in [0.717, 1.165) is 53.9 Å². The molecule has 5 nitrogen and oxygen atoms in total. The van der Waals surface area contributed by atoms with Gasteiger partial charge in [-0.25, -0.2) is 4.98 Å². The van der Waals surface area contributed by atoms with Gasteiger partial charge < -0.3 is 9.88 Å². The van der Waals surface area contributed by atoms with Crippen LogP contribution in [0.15, 0.2) is 53.5 Å². The minimum absolute atomic E-state index is 0.0718. The largest absolute Gasteiger partial charge is 0.316 e. The van der Waals surface area contributed by atoms with Gasteiger partial charge in [0, 0.05) is 29.9 Å². The zero-order valence-electron chi connectivity index (χ0n) is 18.5. The Bertz CT molecular complexity index is 1210. The van der Waals surface area contributed by atoms with Crippen molar-refractivity contribution in [2.45, 2.75) is 38.0 Å². The molecule has 1 aliphatic carbocycles. The standard InChI is InChI=1S/C27H28N4O/c1-31-26(21-8-6-20(7-9-21)19-4-5-19)25(23-10-11-24(15-28)30-17-23)14-22(27(31)32)3-2-18-12-13-29-16-18/h6-11,14,17-19,29H,2-5,12-13,16H2,1H3/t18-/m0/s1. The maximum absolute atomic E-state index is 13.3. The first-order valence-corrected chi connectivity index (χ1v) is 11.5. The van der Waals surface area contributed by atoms with Crippen LogP contribution in [0.5, 0.6) is 0 Å². The first kappa shape index (κ1) is 20.7. The van der Waals surface area contributed by atoms with Crippen LogP contribution in [0.1, 0.15) is 48.4 Å². The highest BCUT2D eigenvalue weighted by Crippen LogP contribution is 2.41. The molecule has 0 spiro atoms. The highest BCUT2D eigenvalue weighted by atomic mass is 16.1. The van der Waals surface area contributed by atoms with E-state index in [1.165, 1.54) is 24.8 Å². The van der Waals surface area contributed by atoms with Gasteiger partial charge in [0.15, 0.2) is 0 Å². The number of nitriles is 1. The molecule has 0 unspecified atom stereocenters. The van der Waals surface area contributed by atoms with E-state index >= 15 is 0 Å². The Morgan fingerprint density at radius 3 is 2.53 bits per heavy atom. The van der Waals surface area contributed by atoms with Crippen LogP contribution in [0.4, 0.5) is 0 Å². The summed E-state index contributed by atoms with van der Waals surface area (Å²) in [6.07, 6.45) is 7.25. The molecule has 3 heterocycles. The first-order chi connectivity index (χ1) is 15.6. The molecule has 2 aliphatic rings. The molecule has 5 rings (SSSR count). The third-order valence-corrected chi connectivity index (χ3v) is 6.89. The smallest absolute Gasteiger partial charge is 0.253 e. The molecule has 2 fully saturated rings. The van der Waals surface area contributed by atoms with E-state index < -0.39 is 0 Å². The molecular weight excluding hydrogens is 396 g/mol. The third kappa shape index (κ3) is 4.11. The summed E-state index contributed by atoms with van der Waals surface area (Å²) >= 11 is 0. The number of hydrogen-bond acceptors (Lipinski definition) is 4. The van der Waals surface area contributed by atoms with E-state index in [1.807, 2.05) is 13.1 Å². The molecule has 1 N–H and O–H groups in total. The summed E-state index contributed by atoms with van der Waals surface area (Å²) in [5.74, 6) is 1.33. The molecule has 3 aromatic rings. The van der Waals surface area contributed by atoms with Crippen molar-refractivity contribution in [2.75, 3.05) is 13.1 Å². The molecule has 0 bridgehead atoms. The molecule has 1 aliphatic heterocycles. The van der Waals surface area contributed by atoms with Crippen molar-refractivity contribution in [2.24, 2.45) is 13.0 Å². The first-order valence-electron chi connectivity index (χ1n) is 11.5. The minimum atomic E-state index is 0.0718. The lowest BCUT2D eigenvalue weighted by molar-refractivity contribution is 0.530. The molecule has 1 atom stereocenters. The highest BCUT2D eigenvalue weighted by molar-refractivity contribution is 5.81. The summed E-state index contributed by atoms with van der Waals surface area (Å²) in [4.78, 5) is 17.6. The van der Waals surface area contributed by atoms with E-state index in [-0.39, 0.29) is 5.56 Å². The van der Waals surface area contributed by atoms with Crippen LogP contribution in [0, 0.1) is 17.2 Å². The van der Waals surface area contributed by atoms with Crippen LogP contribution in [0.25, 0.3) is 22.4 Å². The minimum Gasteiger partial charge on any atom is -0.316 e. The average molecular weight is 425 g/mol. The maximum atomic E-state index is 13.3. The Morgan fingerprint density at radius 1 is 1.12 bits per heavy atom. The summed E-state index contributed by atoms with van der Waals surface area (Å²) in [5, 5.41) is 12.6. The number of aryl methyl sites for hydroxylation is 1. The highest BCUT2D eigenvalue weighted by Gasteiger charge is 2.24. The second kappa shape index (κ2) is 8.72. The topological polar surface area (TPSA) is 70.7 Å². The van der Waals surface area contributed by atoms with Crippen molar-refractivity contribution in [1.82, 2.24) is 14.9 Å². The fourth-order valence-electron chi connectivity index (χ4n) is 4.82. The molecule has 1 saturated carbocycles. The monoisotopic (exact) mass is 424 g/mol. The second-order valence-electron chi connectivity index (χ2n) is 9.13. The van der Waals surface area contributed by atoms with Crippen LogP contribution in [-0.4, -0.2) is 22.6 Å². The van der Waals surface area contributed by atoms with Crippen molar-refractivity contribution < 1.29 is 0 Å². The van der Waals surface area contributed by atoms with Gasteiger partial charge in [-0.15, -0.1) is 0 Å². The maximum Gasteiger partial charge on any atom is 0.253 e. The van der Waals surface area contributed by atoms with Crippen LogP contribution >= 0.6 is 0 Å². The molecule has 0 radical (unpaired) electrons. The van der Waals surface area contributed by atoms with E-state index in [2.05, 4.69) is 46.7 Å². The summed E-state index contributed by atoms with van der Waals surface area (Å²) in [5.41, 5.74) is 6.52. The Morgan fingerprint density at radius 2 is 1.91 bits per heavy atom. The molecule has 32 heavy (non-hydrogen) atoms. The normalized spacial score (nSPS) is 17.9. The van der Waals surface area contributed by atoms with Gasteiger partial charge in [-0.2, -0.15) is 5.26 Å². The van der Waals surface area contributed by atoms with E-state index in [0.29, 0.717) is 17.5 Å². The van der Waals surface area contributed by atoms with Crippen molar-refractivity contribution >= 4 is 0 Å². The predicted octanol–water partition coefficient (Wildman–Crippen LogP) is 4.41. The van der Waals surface area contributed by atoms with Gasteiger partial charge in [0.2, 0.25) is 0 Å². The molecule has 5 heteroatoms. The van der Waals surface area contributed by atoms with E-state index in [9.17, 15) is 4.79 Å². The van der Waals surface area contributed by atoms with Crippen LogP contribution in [-0.2, 0) is 13.5 Å². The Balaban J connectivity index is 1.58. The van der Waals surface area contributed by atoms with Gasteiger partial charge in [0.25, 0.3) is 5.56 Å². The Labute approximate surface area is 188 Å². The summed E-state index contributed by atoms with van der Waals surface area (Å²) in [6, 6.07) is 16.5. The lowest BCUT2D eigenvalue weighted by Gasteiger charge is -2.18. The van der Waals surface area contributed by atoms with E-state index in [1.54, 1.807) is 16.8 Å². The van der Waals surface area contributed by atoms with Crippen molar-refractivity contribution in [3.63, 3.8) is 0 Å². The third-order valence-electron chi connectivity index (χ3n) is 6.89. The number of nitrogens with zero attached hydrogens (tertiary/aromatic N) is 3. The van der Waals surface area contributed by atoms with Gasteiger partial charge in [0.05, 0.1) is 5.69 Å². The van der Waals surface area contributed by atoms with Gasteiger partial charge in [0.1, 0.15) is 11.8 Å². The number of hydrogen-bond donors (Lipinski definition) is 1. The number of pyridine rings is 2. The summed E-state index contributed by atoms with van der Waals surface area (Å²) in [6.45, 7) is 2.11. The summed E-state index contributed by atoms with van der Waals surface area (Å²) in [7, 11) is 1.87. The van der Waals surface area contributed by atoms with Crippen LogP contribution in [0.3, 0.4) is 0 Å². The number of aromatic nitrogens is 2. The molecule has 2 aromatic heterocycles. The molecular formula is C27H28N4O. The quantitative estimate of drug-likeness (QED) is 0.636. The lowest BCUT2D eigenvalue weighted by Crippen LogP contribution is -2.24. The van der Waals surface area contributed by atoms with Crippen molar-refractivity contribution in [3.05, 3.63) is 75.8 Å². The van der Waals surface area contributed by atoms with Gasteiger partial charge in [-0.1, -0.05) is 24.3 Å². The molecule has 1 saturated heterocycles. The fraction of sp³-hybridized carbons (Fsp3) is 0.370. The predicted molar refractivity (Wildman–Crippen MR) is 126 cm³/mol. The zero-order valence-corrected chi connectivity index (χ0v) is 18.5. The lowest BCUT2D eigenvalue weighted by atomic mass is 9.94. The Hall–Kier alpha value is -3.23. The number of nitrogens with one attached hydrogen (secondary N) is 1. The summed E-state index contributed by atoms with van der Waals surface area (Å²) < 4.78 is 1.79. The number of benzene rings is 1. The zero-order chi connectivity index (χ0) is 22.1. The van der Waals surface area contributed by atoms with Gasteiger partial charge >= 0.3 is 0 Å². The molecule has 162 valence electrons. The fourth-order valence-corrected chi connectivity index (χ4v) is 4.82. The second-order valence-corrected chi connectivity index (χ2v) is 9.13.